The van der Waals surface area contributed by atoms with Gasteiger partial charge in [0.15, 0.2) is 0 Å². The summed E-state index contributed by atoms with van der Waals surface area (Å²) < 4.78 is 0. The lowest BCUT2D eigenvalue weighted by molar-refractivity contribution is 0.466. The van der Waals surface area contributed by atoms with Gasteiger partial charge in [-0.3, -0.25) is 0 Å². The predicted octanol–water partition coefficient (Wildman–Crippen LogP) is 6.44. The molecule has 0 aliphatic rings. The molecule has 0 aromatic heterocycles. The highest BCUT2D eigenvalue weighted by atomic mass is 35.5. The van der Waals surface area contributed by atoms with E-state index in [4.69, 9.17) is 11.6 Å². The topological polar surface area (TPSA) is 12.0 Å². The van der Waals surface area contributed by atoms with E-state index < -0.39 is 0 Å². The molecule has 1 nitrogen and oxygen atoms in total. The number of hydrogen-bond acceptors (Lipinski definition) is 1. The van der Waals surface area contributed by atoms with Crippen molar-refractivity contribution in [2.75, 3.05) is 6.54 Å². The van der Waals surface area contributed by atoms with E-state index in [0.29, 0.717) is 6.04 Å². The third kappa shape index (κ3) is 7.33. The quantitative estimate of drug-likeness (QED) is 0.464. The SMILES string of the molecule is CCCCCCCCC(NCCC)c1ccc(Cl)c(C)c1. The lowest BCUT2D eigenvalue weighted by Gasteiger charge is -2.20. The molecule has 0 bridgehead atoms. The first-order valence-corrected chi connectivity index (χ1v) is 9.06. The minimum Gasteiger partial charge on any atom is -0.310 e. The van der Waals surface area contributed by atoms with Crippen LogP contribution in [0.3, 0.4) is 0 Å². The van der Waals surface area contributed by atoms with Crippen molar-refractivity contribution in [3.8, 4) is 0 Å². The summed E-state index contributed by atoms with van der Waals surface area (Å²) in [5.41, 5.74) is 2.57. The van der Waals surface area contributed by atoms with E-state index in [9.17, 15) is 0 Å². The molecule has 0 aliphatic heterocycles. The highest BCUT2D eigenvalue weighted by Gasteiger charge is 2.11. The fraction of sp³-hybridized carbons (Fsp3) is 0.684. The number of halogens is 1. The van der Waals surface area contributed by atoms with Crippen molar-refractivity contribution in [3.63, 3.8) is 0 Å². The second-order valence-electron chi connectivity index (χ2n) is 6.07. The predicted molar refractivity (Wildman–Crippen MR) is 95.2 cm³/mol. The zero-order valence-corrected chi connectivity index (χ0v) is 14.8. The lowest BCUT2D eigenvalue weighted by atomic mass is 9.98. The maximum absolute atomic E-state index is 6.14. The molecular weight excluding hydrogens is 278 g/mol. The normalized spacial score (nSPS) is 12.6. The maximum atomic E-state index is 6.14. The van der Waals surface area contributed by atoms with Gasteiger partial charge in [-0.15, -0.1) is 0 Å². The number of unbranched alkanes of at least 4 members (excludes halogenated alkanes) is 5. The molecule has 0 amide bonds. The number of nitrogens with one attached hydrogen (secondary N) is 1. The van der Waals surface area contributed by atoms with Gasteiger partial charge in [0, 0.05) is 11.1 Å². The Hall–Kier alpha value is -0.530. The Labute approximate surface area is 136 Å². The third-order valence-corrected chi connectivity index (χ3v) is 4.50. The first-order chi connectivity index (χ1) is 10.2. The Morgan fingerprint density at radius 1 is 1.00 bits per heavy atom. The molecular formula is C19H32ClN. The molecule has 1 N–H and O–H groups in total. The van der Waals surface area contributed by atoms with Crippen molar-refractivity contribution < 1.29 is 0 Å². The molecule has 1 atom stereocenters. The van der Waals surface area contributed by atoms with E-state index in [0.717, 1.165) is 11.6 Å². The molecule has 0 saturated carbocycles. The van der Waals surface area contributed by atoms with E-state index in [2.05, 4.69) is 38.2 Å². The zero-order chi connectivity index (χ0) is 15.5. The van der Waals surface area contributed by atoms with Gasteiger partial charge in [0.25, 0.3) is 0 Å². The zero-order valence-electron chi connectivity index (χ0n) is 14.1. The van der Waals surface area contributed by atoms with E-state index >= 15 is 0 Å². The summed E-state index contributed by atoms with van der Waals surface area (Å²) in [6, 6.07) is 6.94. The summed E-state index contributed by atoms with van der Waals surface area (Å²) in [7, 11) is 0. The minimum absolute atomic E-state index is 0.479. The number of hydrogen-bond donors (Lipinski definition) is 1. The van der Waals surface area contributed by atoms with Crippen molar-refractivity contribution in [2.24, 2.45) is 0 Å². The van der Waals surface area contributed by atoms with E-state index in [1.165, 1.54) is 62.5 Å². The molecule has 0 spiro atoms. The monoisotopic (exact) mass is 309 g/mol. The molecule has 0 aliphatic carbocycles. The van der Waals surface area contributed by atoms with Crippen LogP contribution in [0.5, 0.6) is 0 Å². The van der Waals surface area contributed by atoms with Crippen molar-refractivity contribution in [3.05, 3.63) is 34.3 Å². The molecule has 0 radical (unpaired) electrons. The van der Waals surface area contributed by atoms with E-state index in [-0.39, 0.29) is 0 Å². The molecule has 21 heavy (non-hydrogen) atoms. The first-order valence-electron chi connectivity index (χ1n) is 8.68. The van der Waals surface area contributed by atoms with Crippen LogP contribution in [-0.4, -0.2) is 6.54 Å². The van der Waals surface area contributed by atoms with Crippen molar-refractivity contribution in [1.82, 2.24) is 5.32 Å². The minimum atomic E-state index is 0.479. The number of benzene rings is 1. The molecule has 2 heteroatoms. The van der Waals surface area contributed by atoms with Gasteiger partial charge in [-0.05, 0) is 43.5 Å². The van der Waals surface area contributed by atoms with Crippen molar-refractivity contribution >= 4 is 11.6 Å². The fourth-order valence-electron chi connectivity index (χ4n) is 2.72. The first kappa shape index (κ1) is 18.5. The summed E-state index contributed by atoms with van der Waals surface area (Å²) in [5, 5.41) is 4.56. The Bertz CT molecular complexity index is 389. The lowest BCUT2D eigenvalue weighted by Crippen LogP contribution is -2.22. The maximum Gasteiger partial charge on any atom is 0.0435 e. The highest BCUT2D eigenvalue weighted by molar-refractivity contribution is 6.31. The smallest absolute Gasteiger partial charge is 0.0435 e. The highest BCUT2D eigenvalue weighted by Crippen LogP contribution is 2.25. The molecule has 120 valence electrons. The van der Waals surface area contributed by atoms with Gasteiger partial charge in [0.05, 0.1) is 0 Å². The van der Waals surface area contributed by atoms with Gasteiger partial charge < -0.3 is 5.32 Å². The van der Waals surface area contributed by atoms with Crippen LogP contribution < -0.4 is 5.32 Å². The van der Waals surface area contributed by atoms with Gasteiger partial charge in [-0.2, -0.15) is 0 Å². The van der Waals surface area contributed by atoms with Crippen LogP contribution in [0.25, 0.3) is 0 Å². The van der Waals surface area contributed by atoms with Gasteiger partial charge in [0.1, 0.15) is 0 Å². The third-order valence-electron chi connectivity index (χ3n) is 4.07. The van der Waals surface area contributed by atoms with Crippen LogP contribution >= 0.6 is 11.6 Å². The van der Waals surface area contributed by atoms with Gasteiger partial charge >= 0.3 is 0 Å². The van der Waals surface area contributed by atoms with Crippen LogP contribution in [0, 0.1) is 6.92 Å². The van der Waals surface area contributed by atoms with Crippen molar-refractivity contribution in [1.29, 1.82) is 0 Å². The number of aryl methyl sites for hydroxylation is 1. The average Bonchev–Trinajstić information content (AvgIpc) is 2.49. The summed E-state index contributed by atoms with van der Waals surface area (Å²) in [6.07, 6.45) is 10.6. The van der Waals surface area contributed by atoms with E-state index in [1.807, 2.05) is 6.07 Å². The molecule has 0 heterocycles. The average molecular weight is 310 g/mol. The molecule has 1 aromatic carbocycles. The Kier molecular flexibility index (Phi) is 9.78. The van der Waals surface area contributed by atoms with Crippen molar-refractivity contribution in [2.45, 2.75) is 78.2 Å². The Morgan fingerprint density at radius 3 is 2.38 bits per heavy atom. The Balaban J connectivity index is 2.48. The second-order valence-corrected chi connectivity index (χ2v) is 6.48. The van der Waals surface area contributed by atoms with E-state index in [1.54, 1.807) is 0 Å². The molecule has 0 fully saturated rings. The van der Waals surface area contributed by atoms with Crippen LogP contribution in [0.4, 0.5) is 0 Å². The fourth-order valence-corrected chi connectivity index (χ4v) is 2.84. The molecule has 0 saturated heterocycles. The second kappa shape index (κ2) is 11.1. The largest absolute Gasteiger partial charge is 0.310 e. The van der Waals surface area contributed by atoms with Gasteiger partial charge in [-0.1, -0.05) is 76.1 Å². The summed E-state index contributed by atoms with van der Waals surface area (Å²) in [5.74, 6) is 0. The van der Waals surface area contributed by atoms with Gasteiger partial charge in [0.2, 0.25) is 0 Å². The summed E-state index contributed by atoms with van der Waals surface area (Å²) in [4.78, 5) is 0. The summed E-state index contributed by atoms with van der Waals surface area (Å²) in [6.45, 7) is 7.67. The Morgan fingerprint density at radius 2 is 1.71 bits per heavy atom. The van der Waals surface area contributed by atoms with Crippen LogP contribution in [0.1, 0.15) is 82.4 Å². The van der Waals surface area contributed by atoms with Crippen LogP contribution in [0.15, 0.2) is 18.2 Å². The van der Waals surface area contributed by atoms with Crippen LogP contribution in [0.2, 0.25) is 5.02 Å². The number of rotatable bonds is 11. The molecule has 1 unspecified atom stereocenters. The van der Waals surface area contributed by atoms with Gasteiger partial charge in [-0.25, -0.2) is 0 Å². The molecule has 1 rings (SSSR count). The van der Waals surface area contributed by atoms with Crippen LogP contribution in [-0.2, 0) is 0 Å². The standard InChI is InChI=1S/C19H32ClN/c1-4-6-7-8-9-10-11-19(21-14-5-2)17-12-13-18(20)16(3)15-17/h12-13,15,19,21H,4-11,14H2,1-3H3. The molecule has 1 aromatic rings. The summed E-state index contributed by atoms with van der Waals surface area (Å²) >= 11 is 6.14.